The lowest BCUT2D eigenvalue weighted by Crippen LogP contribution is -2.32. The van der Waals surface area contributed by atoms with Crippen LogP contribution in [-0.4, -0.2) is 73.8 Å². The lowest BCUT2D eigenvalue weighted by Gasteiger charge is -2.19. The first-order valence-electron chi connectivity index (χ1n) is 7.92. The molecule has 1 aliphatic heterocycles. The van der Waals surface area contributed by atoms with Crippen LogP contribution in [0.2, 0.25) is 0 Å². The fourth-order valence-electron chi connectivity index (χ4n) is 2.95. The largest absolute Gasteiger partial charge is 0.388 e. The molecule has 3 heterocycles. The maximum Gasteiger partial charge on any atom is 0.279 e. The zero-order valence-corrected chi connectivity index (χ0v) is 17.4. The lowest BCUT2D eigenvalue weighted by atomic mass is 10.1. The highest BCUT2D eigenvalue weighted by molar-refractivity contribution is 14.1. The van der Waals surface area contributed by atoms with E-state index in [1.54, 1.807) is 11.5 Å². The molecular weight excluding hydrogens is 458 g/mol. The molecule has 0 aromatic carbocycles. The van der Waals surface area contributed by atoms with Gasteiger partial charge in [0.15, 0.2) is 21.2 Å². The molecule has 1 saturated heterocycles. The standard InChI is InChI=1S/C15H22IN4O4P/c1-7-17-12-9(13(23)18-7)19-15(16)20(12)14-11(22)10(21)8(24-14)5-6-25(2,3)4/h8,10-11,14,21-22H,2,5-6H2,1,3-4H3,(H,17,18,23)/t8-,10-,11-,14-/m1/s1. The zero-order chi connectivity index (χ0) is 18.5. The van der Waals surface area contributed by atoms with E-state index in [-0.39, 0.29) is 11.1 Å². The third kappa shape index (κ3) is 3.71. The number of aliphatic hydroxyl groups is 2. The van der Waals surface area contributed by atoms with E-state index in [9.17, 15) is 15.0 Å². The number of nitrogens with one attached hydrogen (secondary N) is 1. The minimum Gasteiger partial charge on any atom is -0.388 e. The van der Waals surface area contributed by atoms with Gasteiger partial charge in [-0.25, -0.2) is 9.97 Å². The normalized spacial score (nSPS) is 27.3. The van der Waals surface area contributed by atoms with Gasteiger partial charge in [-0.2, -0.15) is 0 Å². The highest BCUT2D eigenvalue weighted by Gasteiger charge is 2.44. The Morgan fingerprint density at radius 2 is 2.04 bits per heavy atom. The number of ether oxygens (including phenoxy) is 1. The summed E-state index contributed by atoms with van der Waals surface area (Å²) in [6.07, 6.45) is 2.19. The van der Waals surface area contributed by atoms with E-state index in [1.807, 2.05) is 22.6 Å². The summed E-state index contributed by atoms with van der Waals surface area (Å²) in [6.45, 7) is 4.66. The Morgan fingerprint density at radius 3 is 2.68 bits per heavy atom. The van der Waals surface area contributed by atoms with Gasteiger partial charge in [0.1, 0.15) is 18.0 Å². The van der Waals surface area contributed by atoms with Crippen LogP contribution in [0.3, 0.4) is 0 Å². The van der Waals surface area contributed by atoms with Crippen molar-refractivity contribution in [2.45, 2.75) is 37.9 Å². The number of imidazole rings is 1. The molecule has 2 aromatic heterocycles. The highest BCUT2D eigenvalue weighted by atomic mass is 127. The molecule has 4 atom stereocenters. The van der Waals surface area contributed by atoms with Gasteiger partial charge < -0.3 is 19.9 Å². The molecule has 0 spiro atoms. The fraction of sp³-hybridized carbons (Fsp3) is 0.600. The summed E-state index contributed by atoms with van der Waals surface area (Å²) in [7, 11) is 0. The summed E-state index contributed by atoms with van der Waals surface area (Å²) in [5.41, 5.74) is 0.188. The smallest absolute Gasteiger partial charge is 0.279 e. The quantitative estimate of drug-likeness (QED) is 0.338. The summed E-state index contributed by atoms with van der Waals surface area (Å²) in [4.78, 5) is 23.2. The van der Waals surface area contributed by atoms with Crippen LogP contribution in [0, 0.1) is 10.8 Å². The highest BCUT2D eigenvalue weighted by Crippen LogP contribution is 2.40. The van der Waals surface area contributed by atoms with Crippen molar-refractivity contribution in [3.05, 3.63) is 20.0 Å². The lowest BCUT2D eigenvalue weighted by molar-refractivity contribution is -0.0367. The van der Waals surface area contributed by atoms with Crippen molar-refractivity contribution in [2.24, 2.45) is 0 Å². The molecule has 0 radical (unpaired) electrons. The van der Waals surface area contributed by atoms with Crippen molar-refractivity contribution < 1.29 is 14.9 Å². The monoisotopic (exact) mass is 480 g/mol. The minimum atomic E-state index is -1.26. The Labute approximate surface area is 158 Å². The number of aliphatic hydroxyl groups excluding tert-OH is 2. The maximum atomic E-state index is 12.1. The first kappa shape index (κ1) is 19.0. The molecule has 3 N–H and O–H groups in total. The molecule has 25 heavy (non-hydrogen) atoms. The van der Waals surface area contributed by atoms with Crippen molar-refractivity contribution >= 4 is 46.9 Å². The number of hydrogen-bond acceptors (Lipinski definition) is 6. The van der Waals surface area contributed by atoms with E-state index in [2.05, 4.69) is 34.6 Å². The third-order valence-corrected chi connectivity index (χ3v) is 6.47. The third-order valence-electron chi connectivity index (χ3n) is 4.24. The Morgan fingerprint density at radius 1 is 1.36 bits per heavy atom. The molecule has 0 aliphatic carbocycles. The van der Waals surface area contributed by atoms with Gasteiger partial charge in [-0.15, -0.1) is 13.2 Å². The Kier molecular flexibility index (Phi) is 5.15. The molecule has 10 heteroatoms. The van der Waals surface area contributed by atoms with Gasteiger partial charge in [0.2, 0.25) is 0 Å². The van der Waals surface area contributed by atoms with Gasteiger partial charge in [-0.05, 0) is 32.8 Å². The molecule has 1 aliphatic rings. The van der Waals surface area contributed by atoms with E-state index in [1.165, 1.54) is 0 Å². The second kappa shape index (κ2) is 6.77. The molecule has 0 bridgehead atoms. The molecule has 3 rings (SSSR count). The number of rotatable bonds is 4. The topological polar surface area (TPSA) is 113 Å². The molecule has 2 aromatic rings. The van der Waals surface area contributed by atoms with Gasteiger partial charge in [0.25, 0.3) is 5.56 Å². The Balaban J connectivity index is 1.97. The number of halogens is 1. The van der Waals surface area contributed by atoms with Crippen LogP contribution in [0.15, 0.2) is 4.79 Å². The summed E-state index contributed by atoms with van der Waals surface area (Å²) < 4.78 is 8.00. The first-order valence-corrected chi connectivity index (χ1v) is 12.0. The van der Waals surface area contributed by atoms with Gasteiger partial charge in [0, 0.05) is 22.6 Å². The van der Waals surface area contributed by atoms with Crippen molar-refractivity contribution in [3.8, 4) is 0 Å². The van der Waals surface area contributed by atoms with E-state index < -0.39 is 31.4 Å². The average molecular weight is 480 g/mol. The zero-order valence-electron chi connectivity index (χ0n) is 14.3. The fourth-order valence-corrected chi connectivity index (χ4v) is 4.65. The van der Waals surface area contributed by atoms with Crippen LogP contribution in [0.25, 0.3) is 11.2 Å². The maximum absolute atomic E-state index is 12.1. The van der Waals surface area contributed by atoms with Gasteiger partial charge in [-0.3, -0.25) is 9.36 Å². The van der Waals surface area contributed by atoms with Crippen molar-refractivity contribution in [2.75, 3.05) is 19.5 Å². The number of aryl methyl sites for hydroxylation is 1. The van der Waals surface area contributed by atoms with E-state index in [4.69, 9.17) is 4.74 Å². The predicted molar refractivity (Wildman–Crippen MR) is 107 cm³/mol. The van der Waals surface area contributed by atoms with E-state index in [0.29, 0.717) is 21.7 Å². The van der Waals surface area contributed by atoms with Gasteiger partial charge in [0.05, 0.1) is 6.10 Å². The van der Waals surface area contributed by atoms with Crippen molar-refractivity contribution in [1.29, 1.82) is 0 Å². The number of nitrogens with zero attached hydrogens (tertiary/aromatic N) is 3. The summed E-state index contributed by atoms with van der Waals surface area (Å²) >= 11 is 1.97. The first-order chi connectivity index (χ1) is 11.6. The summed E-state index contributed by atoms with van der Waals surface area (Å²) in [5, 5.41) is 20.9. The predicted octanol–water partition coefficient (Wildman–Crippen LogP) is 0.751. The summed E-state index contributed by atoms with van der Waals surface area (Å²) in [6, 6.07) is 0. The van der Waals surface area contributed by atoms with Crippen LogP contribution < -0.4 is 5.56 Å². The summed E-state index contributed by atoms with van der Waals surface area (Å²) in [5.74, 6) is 0.447. The average Bonchev–Trinajstić information content (AvgIpc) is 2.95. The van der Waals surface area contributed by atoms with Gasteiger partial charge >= 0.3 is 0 Å². The van der Waals surface area contributed by atoms with Crippen LogP contribution in [0.4, 0.5) is 0 Å². The minimum absolute atomic E-state index is 0.188. The molecule has 0 saturated carbocycles. The van der Waals surface area contributed by atoms with Crippen molar-refractivity contribution in [3.63, 3.8) is 0 Å². The molecule has 0 unspecified atom stereocenters. The van der Waals surface area contributed by atoms with Crippen molar-refractivity contribution in [1.82, 2.24) is 19.5 Å². The van der Waals surface area contributed by atoms with E-state index in [0.717, 1.165) is 6.16 Å². The van der Waals surface area contributed by atoms with Crippen LogP contribution in [0.5, 0.6) is 0 Å². The molecular formula is C15H22IN4O4P. The van der Waals surface area contributed by atoms with Crippen LogP contribution >= 0.6 is 29.5 Å². The second-order valence-corrected chi connectivity index (χ2v) is 12.4. The second-order valence-electron chi connectivity index (χ2n) is 7.07. The molecule has 8 nitrogen and oxygen atoms in total. The van der Waals surface area contributed by atoms with Crippen LogP contribution in [-0.2, 0) is 4.74 Å². The van der Waals surface area contributed by atoms with E-state index >= 15 is 0 Å². The molecule has 1 fully saturated rings. The Hall–Kier alpha value is -0.740. The SMILES string of the molecule is C=P(C)(C)CC[C@H]1O[C@@H](n2c(I)nc3c(=O)[nH]c(C)nc32)[C@H](O)[C@@H]1O. The number of aromatic amines is 1. The van der Waals surface area contributed by atoms with Crippen LogP contribution in [0.1, 0.15) is 18.5 Å². The molecule has 138 valence electrons. The Bertz CT molecular complexity index is 905. The number of aromatic nitrogens is 4. The van der Waals surface area contributed by atoms with Gasteiger partial charge in [-0.1, -0.05) is 0 Å². The number of H-pyrrole nitrogens is 1. The number of hydrogen-bond donors (Lipinski definition) is 3. The number of fused-ring (bicyclic) bond motifs is 1. The molecule has 0 amide bonds.